The van der Waals surface area contributed by atoms with E-state index in [1.165, 1.54) is 11.9 Å². The second kappa shape index (κ2) is 4.27. The summed E-state index contributed by atoms with van der Waals surface area (Å²) in [5.74, 6) is 0.583. The molecule has 3 heteroatoms. The van der Waals surface area contributed by atoms with Gasteiger partial charge in [0, 0.05) is 7.11 Å². The monoisotopic (exact) mass is 93.0 g/mol. The molecule has 2 N–H and O–H groups in total. The molecule has 0 spiro atoms. The zero-order valence-corrected chi connectivity index (χ0v) is 3.92. The Bertz CT molecular complexity index is 17.1. The lowest BCUT2D eigenvalue weighted by molar-refractivity contribution is 0.259. The predicted octanol–water partition coefficient (Wildman–Crippen LogP) is 0.197. The Morgan fingerprint density at radius 3 is 2.60 bits per heavy atom. The third kappa shape index (κ3) is 4.27. The quantitative estimate of drug-likeness (QED) is 0.391. The summed E-state index contributed by atoms with van der Waals surface area (Å²) in [5.41, 5.74) is 0. The van der Waals surface area contributed by atoms with Gasteiger partial charge in [0.25, 0.3) is 0 Å². The fraction of sp³-hybridized carbons (Fsp3) is 1.00. The molecule has 0 fully saturated rings. The van der Waals surface area contributed by atoms with Crippen molar-refractivity contribution in [3.05, 3.63) is 0 Å². The zero-order chi connectivity index (χ0) is 4.12. The van der Waals surface area contributed by atoms with Gasteiger partial charge in [0.1, 0.15) is 5.94 Å². The minimum atomic E-state index is 0.583. The molecule has 0 saturated carbocycles. The summed E-state index contributed by atoms with van der Waals surface area (Å²) in [7, 11) is 1.61. The lowest BCUT2D eigenvalue weighted by atomic mass is 11.5. The maximum atomic E-state index is 4.93. The van der Waals surface area contributed by atoms with Gasteiger partial charge in [-0.3, -0.25) is 5.14 Å². The fourth-order valence-electron chi connectivity index (χ4n) is 0.0680. The van der Waals surface area contributed by atoms with Gasteiger partial charge in [0.2, 0.25) is 0 Å². The van der Waals surface area contributed by atoms with E-state index in [-0.39, 0.29) is 0 Å². The van der Waals surface area contributed by atoms with E-state index in [4.69, 9.17) is 5.14 Å². The van der Waals surface area contributed by atoms with Gasteiger partial charge in [-0.05, 0) is 0 Å². The minimum absolute atomic E-state index is 0.583. The number of methoxy groups -OCH3 is 1. The van der Waals surface area contributed by atoms with Crippen molar-refractivity contribution in [1.29, 1.82) is 0 Å². The Labute approximate surface area is 35.8 Å². The second-order valence-corrected chi connectivity index (χ2v) is 1.14. The van der Waals surface area contributed by atoms with Gasteiger partial charge >= 0.3 is 0 Å². The van der Waals surface area contributed by atoms with Crippen molar-refractivity contribution in [1.82, 2.24) is 0 Å². The van der Waals surface area contributed by atoms with Crippen molar-refractivity contribution in [2.45, 2.75) is 0 Å². The summed E-state index contributed by atoms with van der Waals surface area (Å²) in [4.78, 5) is 0. The largest absolute Gasteiger partial charge is 0.373 e. The highest BCUT2D eigenvalue weighted by Crippen LogP contribution is 1.80. The summed E-state index contributed by atoms with van der Waals surface area (Å²) in [6.07, 6.45) is 0. The van der Waals surface area contributed by atoms with Gasteiger partial charge in [0.05, 0.1) is 0 Å². The van der Waals surface area contributed by atoms with Crippen molar-refractivity contribution in [3.63, 3.8) is 0 Å². The number of ether oxygens (including phenoxy) is 1. The summed E-state index contributed by atoms with van der Waals surface area (Å²) in [6, 6.07) is 0. The first-order chi connectivity index (χ1) is 2.41. The van der Waals surface area contributed by atoms with Crippen LogP contribution < -0.4 is 5.14 Å². The first-order valence-corrected chi connectivity index (χ1v) is 2.27. The number of hydrogen-bond donors (Lipinski definition) is 1. The van der Waals surface area contributed by atoms with Gasteiger partial charge in [-0.2, -0.15) is 0 Å². The topological polar surface area (TPSA) is 35.2 Å². The van der Waals surface area contributed by atoms with Crippen LogP contribution in [0.2, 0.25) is 0 Å². The second-order valence-electron chi connectivity index (χ2n) is 0.573. The van der Waals surface area contributed by atoms with Gasteiger partial charge in [-0.1, -0.05) is 11.9 Å². The molecule has 0 bridgehead atoms. The summed E-state index contributed by atoms with van der Waals surface area (Å²) in [6.45, 7) is 0. The SMILES string of the molecule is COCSN. The third-order valence-corrected chi connectivity index (χ3v) is 0.558. The van der Waals surface area contributed by atoms with Crippen LogP contribution in [-0.2, 0) is 4.74 Å². The van der Waals surface area contributed by atoms with Crippen LogP contribution >= 0.6 is 11.9 Å². The molecule has 0 rings (SSSR count). The van der Waals surface area contributed by atoms with Gasteiger partial charge in [-0.15, -0.1) is 0 Å². The molecule has 0 aliphatic heterocycles. The molecule has 0 aromatic carbocycles. The lowest BCUT2D eigenvalue weighted by Crippen LogP contribution is -1.84. The van der Waals surface area contributed by atoms with Crippen molar-refractivity contribution >= 4 is 11.9 Å². The molecule has 0 heterocycles. The Kier molecular flexibility index (Phi) is 4.50. The molecule has 32 valence electrons. The van der Waals surface area contributed by atoms with E-state index in [1.807, 2.05) is 0 Å². The van der Waals surface area contributed by atoms with Crippen molar-refractivity contribution in [2.75, 3.05) is 13.0 Å². The van der Waals surface area contributed by atoms with Crippen LogP contribution in [0.3, 0.4) is 0 Å². The Balaban J connectivity index is 2.19. The Hall–Kier alpha value is 0.270. The summed E-state index contributed by atoms with van der Waals surface area (Å²) < 4.78 is 4.53. The standard InChI is InChI=1S/C2H7NOS/c1-4-2-5-3/h2-3H2,1H3. The molecule has 0 aliphatic carbocycles. The van der Waals surface area contributed by atoms with E-state index in [0.29, 0.717) is 5.94 Å². The van der Waals surface area contributed by atoms with Crippen LogP contribution in [0.1, 0.15) is 0 Å². The molecule has 2 nitrogen and oxygen atoms in total. The molecule has 0 aromatic rings. The van der Waals surface area contributed by atoms with Crippen LogP contribution in [0.5, 0.6) is 0 Å². The summed E-state index contributed by atoms with van der Waals surface area (Å²) >= 11 is 1.18. The maximum Gasteiger partial charge on any atom is 0.106 e. The summed E-state index contributed by atoms with van der Waals surface area (Å²) in [5, 5.41) is 4.93. The molecule has 0 aromatic heterocycles. The Morgan fingerprint density at radius 1 is 2.00 bits per heavy atom. The van der Waals surface area contributed by atoms with Crippen LogP contribution in [0.4, 0.5) is 0 Å². The minimum Gasteiger partial charge on any atom is -0.373 e. The van der Waals surface area contributed by atoms with Crippen LogP contribution in [0, 0.1) is 0 Å². The van der Waals surface area contributed by atoms with E-state index >= 15 is 0 Å². The molecular weight excluding hydrogens is 86.1 g/mol. The van der Waals surface area contributed by atoms with Crippen molar-refractivity contribution in [2.24, 2.45) is 5.14 Å². The molecule has 0 unspecified atom stereocenters. The normalized spacial score (nSPS) is 8.40. The number of hydrogen-bond acceptors (Lipinski definition) is 3. The molecule has 5 heavy (non-hydrogen) atoms. The first kappa shape index (κ1) is 5.27. The first-order valence-electron chi connectivity index (χ1n) is 1.22. The van der Waals surface area contributed by atoms with Gasteiger partial charge in [-0.25, -0.2) is 0 Å². The predicted molar refractivity (Wildman–Crippen MR) is 23.7 cm³/mol. The maximum absolute atomic E-state index is 4.93. The third-order valence-electron chi connectivity index (χ3n) is 0.186. The number of nitrogens with two attached hydrogens (primary N) is 1. The van der Waals surface area contributed by atoms with Crippen molar-refractivity contribution < 1.29 is 4.74 Å². The average Bonchev–Trinajstić information content (AvgIpc) is 1.41. The number of rotatable bonds is 2. The van der Waals surface area contributed by atoms with Crippen LogP contribution in [-0.4, -0.2) is 13.0 Å². The van der Waals surface area contributed by atoms with Gasteiger partial charge in [0.15, 0.2) is 0 Å². The highest BCUT2D eigenvalue weighted by atomic mass is 32.2. The van der Waals surface area contributed by atoms with E-state index in [9.17, 15) is 0 Å². The van der Waals surface area contributed by atoms with E-state index in [2.05, 4.69) is 4.74 Å². The fourth-order valence-corrected chi connectivity index (χ4v) is 0.204. The molecule has 0 saturated heterocycles. The smallest absolute Gasteiger partial charge is 0.106 e. The highest BCUT2D eigenvalue weighted by Gasteiger charge is 1.66. The zero-order valence-electron chi connectivity index (χ0n) is 3.10. The molecule has 0 amide bonds. The lowest BCUT2D eigenvalue weighted by Gasteiger charge is -1.84. The van der Waals surface area contributed by atoms with Crippen LogP contribution in [0.15, 0.2) is 0 Å². The van der Waals surface area contributed by atoms with Crippen molar-refractivity contribution in [3.8, 4) is 0 Å². The van der Waals surface area contributed by atoms with E-state index in [1.54, 1.807) is 7.11 Å². The molecule has 0 atom stereocenters. The van der Waals surface area contributed by atoms with Gasteiger partial charge < -0.3 is 4.74 Å². The average molecular weight is 93.2 g/mol. The highest BCUT2D eigenvalue weighted by molar-refractivity contribution is 7.96. The van der Waals surface area contributed by atoms with E-state index < -0.39 is 0 Å². The molecule has 0 radical (unpaired) electrons. The van der Waals surface area contributed by atoms with Crippen LogP contribution in [0.25, 0.3) is 0 Å². The molecule has 0 aliphatic rings. The van der Waals surface area contributed by atoms with E-state index in [0.717, 1.165) is 0 Å². The Morgan fingerprint density at radius 2 is 2.60 bits per heavy atom. The molecular formula is C2H7NOS.